The lowest BCUT2D eigenvalue weighted by molar-refractivity contribution is -0.146. The summed E-state index contributed by atoms with van der Waals surface area (Å²) in [6.45, 7) is 2.09. The number of hydrogen-bond donors (Lipinski definition) is 2. The van der Waals surface area contributed by atoms with E-state index in [1.54, 1.807) is 0 Å². The third-order valence-electron chi connectivity index (χ3n) is 4.23. The number of carboxylic acid groups (broad SMARTS) is 1. The third kappa shape index (κ3) is 3.35. The average Bonchev–Trinajstić information content (AvgIpc) is 2.90. The molecule has 1 saturated carbocycles. The summed E-state index contributed by atoms with van der Waals surface area (Å²) in [4.78, 5) is 23.6. The first-order chi connectivity index (χ1) is 10.1. The Kier molecular flexibility index (Phi) is 4.83. The van der Waals surface area contributed by atoms with Crippen LogP contribution in [0.4, 0.5) is 4.79 Å². The fourth-order valence-electron chi connectivity index (χ4n) is 3.07. The first-order valence-electron chi connectivity index (χ1n) is 7.30. The molecule has 1 aliphatic rings. The third-order valence-corrected chi connectivity index (χ3v) is 4.23. The molecule has 0 aliphatic heterocycles. The molecule has 1 amide bonds. The summed E-state index contributed by atoms with van der Waals surface area (Å²) < 4.78 is 5.14. The summed E-state index contributed by atoms with van der Waals surface area (Å²) in [6, 6.07) is 9.31. The van der Waals surface area contributed by atoms with Crippen molar-refractivity contribution in [3.63, 3.8) is 0 Å². The second kappa shape index (κ2) is 6.61. The molecule has 1 aromatic carbocycles. The molecule has 0 aromatic heterocycles. The minimum absolute atomic E-state index is 0.0423. The first-order valence-corrected chi connectivity index (χ1v) is 7.30. The fourth-order valence-corrected chi connectivity index (χ4v) is 3.07. The molecule has 0 spiro atoms. The van der Waals surface area contributed by atoms with Gasteiger partial charge in [0.05, 0.1) is 0 Å². The lowest BCUT2D eigenvalue weighted by atomic mass is 9.85. The largest absolute Gasteiger partial charge is 0.479 e. The molecule has 0 bridgehead atoms. The van der Waals surface area contributed by atoms with Gasteiger partial charge < -0.3 is 15.2 Å². The van der Waals surface area contributed by atoms with Gasteiger partial charge in [0.15, 0.2) is 0 Å². The normalized spacial score (nSPS) is 24.5. The van der Waals surface area contributed by atoms with Crippen LogP contribution in [0.3, 0.4) is 0 Å². The number of amides is 1. The van der Waals surface area contributed by atoms with Crippen LogP contribution >= 0.6 is 0 Å². The van der Waals surface area contributed by atoms with Gasteiger partial charge in [0, 0.05) is 0 Å². The second-order valence-electron chi connectivity index (χ2n) is 5.46. The van der Waals surface area contributed by atoms with Gasteiger partial charge in [-0.2, -0.15) is 0 Å². The molecule has 1 aromatic rings. The number of carbonyl (C=O) groups is 2. The molecule has 2 N–H and O–H groups in total. The Hall–Kier alpha value is -2.04. The quantitative estimate of drug-likeness (QED) is 0.874. The van der Waals surface area contributed by atoms with Crippen LogP contribution < -0.4 is 5.32 Å². The number of nitrogens with one attached hydrogen (secondary N) is 1. The van der Waals surface area contributed by atoms with Crippen molar-refractivity contribution in [2.45, 2.75) is 44.8 Å². The van der Waals surface area contributed by atoms with E-state index in [1.807, 2.05) is 37.3 Å². The van der Waals surface area contributed by atoms with Crippen LogP contribution in [0, 0.1) is 5.92 Å². The van der Waals surface area contributed by atoms with E-state index in [0.717, 1.165) is 24.8 Å². The van der Waals surface area contributed by atoms with Crippen molar-refractivity contribution >= 4 is 12.1 Å². The van der Waals surface area contributed by atoms with Gasteiger partial charge in [-0.25, -0.2) is 9.59 Å². The number of benzene rings is 1. The van der Waals surface area contributed by atoms with E-state index in [9.17, 15) is 14.7 Å². The molecular formula is C16H21NO4. The Morgan fingerprint density at radius 3 is 2.71 bits per heavy atom. The van der Waals surface area contributed by atoms with Crippen molar-refractivity contribution in [3.8, 4) is 0 Å². The maximum Gasteiger partial charge on any atom is 0.408 e. The lowest BCUT2D eigenvalue weighted by Crippen LogP contribution is -2.57. The highest BCUT2D eigenvalue weighted by Crippen LogP contribution is 2.38. The SMILES string of the molecule is CCC1CCCC1(NC(=O)OCc1ccccc1)C(=O)O. The molecule has 2 rings (SSSR count). The summed E-state index contributed by atoms with van der Waals surface area (Å²) in [5.41, 5.74) is -0.307. The van der Waals surface area contributed by atoms with Gasteiger partial charge in [-0.3, -0.25) is 0 Å². The number of rotatable bonds is 5. The minimum Gasteiger partial charge on any atom is -0.479 e. The molecule has 5 nitrogen and oxygen atoms in total. The van der Waals surface area contributed by atoms with Gasteiger partial charge in [-0.1, -0.05) is 50.1 Å². The highest BCUT2D eigenvalue weighted by Gasteiger charge is 2.49. The Morgan fingerprint density at radius 1 is 1.38 bits per heavy atom. The van der Waals surface area contributed by atoms with E-state index in [-0.39, 0.29) is 12.5 Å². The predicted molar refractivity (Wildman–Crippen MR) is 77.8 cm³/mol. The smallest absolute Gasteiger partial charge is 0.408 e. The highest BCUT2D eigenvalue weighted by molar-refractivity contribution is 5.85. The van der Waals surface area contributed by atoms with Crippen LogP contribution in [0.25, 0.3) is 0 Å². The maximum atomic E-state index is 11.9. The van der Waals surface area contributed by atoms with Crippen molar-refractivity contribution in [2.24, 2.45) is 5.92 Å². The Morgan fingerprint density at radius 2 is 2.10 bits per heavy atom. The molecule has 2 atom stereocenters. The maximum absolute atomic E-state index is 11.9. The van der Waals surface area contributed by atoms with Crippen LogP contribution in [0.2, 0.25) is 0 Å². The predicted octanol–water partition coefficient (Wildman–Crippen LogP) is 2.95. The monoisotopic (exact) mass is 291 g/mol. The second-order valence-corrected chi connectivity index (χ2v) is 5.46. The molecule has 0 radical (unpaired) electrons. The number of hydrogen-bond acceptors (Lipinski definition) is 3. The summed E-state index contributed by atoms with van der Waals surface area (Å²) in [5.74, 6) is -1.01. The van der Waals surface area contributed by atoms with Gasteiger partial charge in [0.1, 0.15) is 12.1 Å². The van der Waals surface area contributed by atoms with Gasteiger partial charge in [-0.05, 0) is 24.3 Å². The van der Waals surface area contributed by atoms with Crippen molar-refractivity contribution in [1.82, 2.24) is 5.32 Å². The molecule has 2 unspecified atom stereocenters. The van der Waals surface area contributed by atoms with Crippen molar-refractivity contribution < 1.29 is 19.4 Å². The zero-order chi connectivity index (χ0) is 15.3. The van der Waals surface area contributed by atoms with E-state index in [0.29, 0.717) is 6.42 Å². The molecule has 114 valence electrons. The van der Waals surface area contributed by atoms with Crippen LogP contribution in [0.1, 0.15) is 38.2 Å². The van der Waals surface area contributed by atoms with Crippen LogP contribution in [0.15, 0.2) is 30.3 Å². The molecule has 0 saturated heterocycles. The first kappa shape index (κ1) is 15.4. The summed E-state index contributed by atoms with van der Waals surface area (Å²) in [7, 11) is 0. The van der Waals surface area contributed by atoms with Crippen LogP contribution in [0.5, 0.6) is 0 Å². The van der Waals surface area contributed by atoms with Crippen molar-refractivity contribution in [1.29, 1.82) is 0 Å². The van der Waals surface area contributed by atoms with Gasteiger partial charge in [-0.15, -0.1) is 0 Å². The molecule has 0 heterocycles. The number of carboxylic acids is 1. The standard InChI is InChI=1S/C16H21NO4/c1-2-13-9-6-10-16(13,14(18)19)17-15(20)21-11-12-7-4-3-5-8-12/h3-5,7-8,13H,2,6,9-11H2,1H3,(H,17,20)(H,18,19). The minimum atomic E-state index is -1.18. The van der Waals surface area contributed by atoms with E-state index in [1.165, 1.54) is 0 Å². The zero-order valence-corrected chi connectivity index (χ0v) is 12.2. The van der Waals surface area contributed by atoms with Gasteiger partial charge >= 0.3 is 12.1 Å². The number of aliphatic carboxylic acids is 1. The van der Waals surface area contributed by atoms with Crippen molar-refractivity contribution in [3.05, 3.63) is 35.9 Å². The Balaban J connectivity index is 1.98. The summed E-state index contributed by atoms with van der Waals surface area (Å²) >= 11 is 0. The highest BCUT2D eigenvalue weighted by atomic mass is 16.5. The Labute approximate surface area is 124 Å². The van der Waals surface area contributed by atoms with Gasteiger partial charge in [0.25, 0.3) is 0 Å². The fraction of sp³-hybridized carbons (Fsp3) is 0.500. The van der Waals surface area contributed by atoms with E-state index in [4.69, 9.17) is 4.74 Å². The van der Waals surface area contributed by atoms with Crippen molar-refractivity contribution in [2.75, 3.05) is 0 Å². The number of ether oxygens (including phenoxy) is 1. The molecule has 1 aliphatic carbocycles. The number of carbonyl (C=O) groups excluding carboxylic acids is 1. The Bertz CT molecular complexity index is 502. The summed E-state index contributed by atoms with van der Waals surface area (Å²) in [5, 5.41) is 12.1. The van der Waals surface area contributed by atoms with Crippen LogP contribution in [-0.2, 0) is 16.1 Å². The lowest BCUT2D eigenvalue weighted by Gasteiger charge is -2.31. The molecule has 1 fully saturated rings. The topological polar surface area (TPSA) is 75.6 Å². The van der Waals surface area contributed by atoms with E-state index in [2.05, 4.69) is 5.32 Å². The average molecular weight is 291 g/mol. The molecule has 5 heteroatoms. The number of alkyl carbamates (subject to hydrolysis) is 1. The van der Waals surface area contributed by atoms with E-state index >= 15 is 0 Å². The molecule has 21 heavy (non-hydrogen) atoms. The molecular weight excluding hydrogens is 270 g/mol. The van der Waals surface area contributed by atoms with E-state index < -0.39 is 17.6 Å². The van der Waals surface area contributed by atoms with Gasteiger partial charge in [0.2, 0.25) is 0 Å². The van der Waals surface area contributed by atoms with Crippen LogP contribution in [-0.4, -0.2) is 22.7 Å². The summed E-state index contributed by atoms with van der Waals surface area (Å²) in [6.07, 6.45) is 2.15. The zero-order valence-electron chi connectivity index (χ0n) is 12.2.